The Labute approximate surface area is 102 Å². The molecule has 1 fully saturated rings. The van der Waals surface area contributed by atoms with Gasteiger partial charge < -0.3 is 5.73 Å². The highest BCUT2D eigenvalue weighted by Gasteiger charge is 2.34. The topological polar surface area (TPSA) is 119 Å². The van der Waals surface area contributed by atoms with Crippen molar-refractivity contribution in [2.75, 3.05) is 11.4 Å². The molecule has 2 rings (SSSR count). The molecule has 2 N–H and O–H groups in total. The maximum atomic E-state index is 11.7. The summed E-state index contributed by atoms with van der Waals surface area (Å²) in [6, 6.07) is 2.63. The number of hydrogen-bond donors (Lipinski definition) is 1. The molecule has 0 aliphatic carbocycles. The van der Waals surface area contributed by atoms with Crippen molar-refractivity contribution >= 4 is 23.3 Å². The summed E-state index contributed by atoms with van der Waals surface area (Å²) in [5.41, 5.74) is 4.98. The van der Waals surface area contributed by atoms with Gasteiger partial charge >= 0.3 is 0 Å². The number of nitro groups is 1. The number of hydrogen-bond acceptors (Lipinski definition) is 5. The van der Waals surface area contributed by atoms with Crippen molar-refractivity contribution in [2.24, 2.45) is 11.7 Å². The normalized spacial score (nSPS) is 19.0. The third kappa shape index (κ3) is 2.12. The predicted molar refractivity (Wildman–Crippen MR) is 60.5 cm³/mol. The first-order valence-corrected chi connectivity index (χ1v) is 5.19. The smallest absolute Gasteiger partial charge is 0.287 e. The van der Waals surface area contributed by atoms with Gasteiger partial charge in [0.1, 0.15) is 12.0 Å². The number of nitrogens with zero attached hydrogens (tertiary/aromatic N) is 3. The van der Waals surface area contributed by atoms with Crippen LogP contribution in [-0.4, -0.2) is 28.3 Å². The van der Waals surface area contributed by atoms with Crippen LogP contribution in [0.4, 0.5) is 11.5 Å². The molecule has 8 heteroatoms. The van der Waals surface area contributed by atoms with Crippen molar-refractivity contribution in [1.29, 1.82) is 0 Å². The zero-order chi connectivity index (χ0) is 13.3. The molecule has 1 aliphatic heterocycles. The van der Waals surface area contributed by atoms with Gasteiger partial charge in [-0.1, -0.05) is 0 Å². The molecule has 8 nitrogen and oxygen atoms in total. The van der Waals surface area contributed by atoms with Gasteiger partial charge in [0, 0.05) is 19.0 Å². The maximum Gasteiger partial charge on any atom is 0.287 e. The summed E-state index contributed by atoms with van der Waals surface area (Å²) in [6.45, 7) is 0.166. The molecule has 94 valence electrons. The zero-order valence-corrected chi connectivity index (χ0v) is 9.28. The van der Waals surface area contributed by atoms with E-state index >= 15 is 0 Å². The first kappa shape index (κ1) is 12.0. The summed E-state index contributed by atoms with van der Waals surface area (Å²) < 4.78 is 0. The van der Waals surface area contributed by atoms with E-state index in [2.05, 4.69) is 4.98 Å². The fourth-order valence-electron chi connectivity index (χ4n) is 1.77. The summed E-state index contributed by atoms with van der Waals surface area (Å²) in [5.74, 6) is -1.04. The molecule has 1 aliphatic rings. The lowest BCUT2D eigenvalue weighted by Crippen LogP contribution is -2.28. The molecule has 1 saturated heterocycles. The van der Waals surface area contributed by atoms with Gasteiger partial charge in [-0.2, -0.15) is 0 Å². The number of anilines is 1. The van der Waals surface area contributed by atoms with Gasteiger partial charge in [-0.25, -0.2) is 4.98 Å². The van der Waals surface area contributed by atoms with E-state index in [4.69, 9.17) is 5.73 Å². The minimum atomic E-state index is -0.575. The van der Waals surface area contributed by atoms with E-state index in [1.165, 1.54) is 17.0 Å². The van der Waals surface area contributed by atoms with Gasteiger partial charge in [0.25, 0.3) is 5.69 Å². The van der Waals surface area contributed by atoms with Crippen molar-refractivity contribution in [2.45, 2.75) is 6.42 Å². The van der Waals surface area contributed by atoms with Crippen molar-refractivity contribution < 1.29 is 14.5 Å². The first-order valence-electron chi connectivity index (χ1n) is 5.19. The van der Waals surface area contributed by atoms with E-state index < -0.39 is 16.7 Å². The number of carbonyl (C=O) groups is 2. The van der Waals surface area contributed by atoms with Gasteiger partial charge in [-0.15, -0.1) is 0 Å². The summed E-state index contributed by atoms with van der Waals surface area (Å²) in [5, 5.41) is 10.5. The molecule has 1 aromatic heterocycles. The molecule has 1 atom stereocenters. The van der Waals surface area contributed by atoms with Crippen LogP contribution in [0.5, 0.6) is 0 Å². The van der Waals surface area contributed by atoms with E-state index in [1.54, 1.807) is 0 Å². The molecular formula is C10H10N4O4. The third-order valence-corrected chi connectivity index (χ3v) is 2.75. The number of nitrogens with two attached hydrogens (primary N) is 1. The average molecular weight is 250 g/mol. The highest BCUT2D eigenvalue weighted by atomic mass is 16.6. The number of amides is 2. The van der Waals surface area contributed by atoms with Crippen LogP contribution in [0.3, 0.4) is 0 Å². The molecule has 0 saturated carbocycles. The summed E-state index contributed by atoms with van der Waals surface area (Å²) >= 11 is 0. The van der Waals surface area contributed by atoms with E-state index in [0.29, 0.717) is 0 Å². The third-order valence-electron chi connectivity index (χ3n) is 2.75. The molecule has 1 unspecified atom stereocenters. The number of carbonyl (C=O) groups excluding carboxylic acids is 2. The van der Waals surface area contributed by atoms with Gasteiger partial charge in [0.2, 0.25) is 11.8 Å². The number of rotatable bonds is 3. The second-order valence-corrected chi connectivity index (χ2v) is 3.94. The maximum absolute atomic E-state index is 11.7. The highest BCUT2D eigenvalue weighted by molar-refractivity contribution is 5.99. The lowest BCUT2D eigenvalue weighted by atomic mass is 10.1. The second kappa shape index (κ2) is 4.40. The second-order valence-electron chi connectivity index (χ2n) is 3.94. The number of pyridine rings is 1. The first-order chi connectivity index (χ1) is 8.49. The predicted octanol–water partition coefficient (Wildman–Crippen LogP) is -0.172. The molecular weight excluding hydrogens is 240 g/mol. The number of primary amides is 1. The summed E-state index contributed by atoms with van der Waals surface area (Å²) in [7, 11) is 0. The van der Waals surface area contributed by atoms with Crippen LogP contribution in [-0.2, 0) is 9.59 Å². The Morgan fingerprint density at radius 1 is 1.56 bits per heavy atom. The van der Waals surface area contributed by atoms with Gasteiger partial charge in [0.15, 0.2) is 0 Å². The SMILES string of the molecule is NC(=O)C1CC(=O)N(c2ccc([N+](=O)[O-])cn2)C1. The molecule has 0 bridgehead atoms. The highest BCUT2D eigenvalue weighted by Crippen LogP contribution is 2.24. The van der Waals surface area contributed by atoms with E-state index in [9.17, 15) is 19.7 Å². The van der Waals surface area contributed by atoms with Gasteiger partial charge in [0.05, 0.1) is 10.8 Å². The van der Waals surface area contributed by atoms with E-state index in [0.717, 1.165) is 6.20 Å². The monoisotopic (exact) mass is 250 g/mol. The molecule has 18 heavy (non-hydrogen) atoms. The Hall–Kier alpha value is -2.51. The summed E-state index contributed by atoms with van der Waals surface area (Å²) in [6.07, 6.45) is 1.12. The molecule has 2 amide bonds. The molecule has 1 aromatic rings. The van der Waals surface area contributed by atoms with E-state index in [-0.39, 0.29) is 30.4 Å². The van der Waals surface area contributed by atoms with Crippen LogP contribution in [0.2, 0.25) is 0 Å². The van der Waals surface area contributed by atoms with Crippen LogP contribution in [0.25, 0.3) is 0 Å². The van der Waals surface area contributed by atoms with Crippen LogP contribution in [0.1, 0.15) is 6.42 Å². The quantitative estimate of drug-likeness (QED) is 0.589. The van der Waals surface area contributed by atoms with Crippen LogP contribution >= 0.6 is 0 Å². The molecule has 2 heterocycles. The van der Waals surface area contributed by atoms with Crippen LogP contribution in [0, 0.1) is 16.0 Å². The largest absolute Gasteiger partial charge is 0.369 e. The van der Waals surface area contributed by atoms with Crippen molar-refractivity contribution in [3.8, 4) is 0 Å². The Balaban J connectivity index is 2.19. The van der Waals surface area contributed by atoms with E-state index in [1.807, 2.05) is 0 Å². The Bertz CT molecular complexity index is 513. The zero-order valence-electron chi connectivity index (χ0n) is 9.28. The lowest BCUT2D eigenvalue weighted by Gasteiger charge is -2.14. The van der Waals surface area contributed by atoms with Crippen molar-refractivity contribution in [3.05, 3.63) is 28.4 Å². The molecule has 0 spiro atoms. The lowest BCUT2D eigenvalue weighted by molar-refractivity contribution is -0.385. The Kier molecular flexibility index (Phi) is 2.92. The Morgan fingerprint density at radius 2 is 2.28 bits per heavy atom. The Morgan fingerprint density at radius 3 is 2.72 bits per heavy atom. The summed E-state index contributed by atoms with van der Waals surface area (Å²) in [4.78, 5) is 37.7. The standard InChI is InChI=1S/C10H10N4O4/c11-10(16)6-3-9(15)13(5-6)8-2-1-7(4-12-8)14(17)18/h1-2,4,6H,3,5H2,(H2,11,16). The number of aromatic nitrogens is 1. The van der Waals surface area contributed by atoms with Crippen molar-refractivity contribution in [3.63, 3.8) is 0 Å². The van der Waals surface area contributed by atoms with Gasteiger partial charge in [-0.05, 0) is 6.07 Å². The average Bonchev–Trinajstić information content (AvgIpc) is 2.71. The van der Waals surface area contributed by atoms with Crippen molar-refractivity contribution in [1.82, 2.24) is 4.98 Å². The fraction of sp³-hybridized carbons (Fsp3) is 0.300. The van der Waals surface area contributed by atoms with Crippen LogP contribution in [0.15, 0.2) is 18.3 Å². The molecule has 0 radical (unpaired) electrons. The minimum absolute atomic E-state index is 0.0496. The van der Waals surface area contributed by atoms with Gasteiger partial charge in [-0.3, -0.25) is 24.6 Å². The fourth-order valence-corrected chi connectivity index (χ4v) is 1.77. The van der Waals surface area contributed by atoms with Crippen LogP contribution < -0.4 is 10.6 Å². The molecule has 0 aromatic carbocycles. The minimum Gasteiger partial charge on any atom is -0.369 e.